The molecule has 2 fully saturated rings. The number of guanidine groups is 1. The number of rotatable bonds is 4. The molecule has 1 aliphatic carbocycles. The number of aromatic nitrogens is 2. The molecule has 3 atom stereocenters. The molecule has 1 saturated heterocycles. The van der Waals surface area contributed by atoms with Gasteiger partial charge in [-0.25, -0.2) is 9.97 Å². The highest BCUT2D eigenvalue weighted by Crippen LogP contribution is 2.48. The molecule has 6 nitrogen and oxygen atoms in total. The Morgan fingerprint density at radius 2 is 1.80 bits per heavy atom. The molecule has 2 aliphatic heterocycles. The third-order valence-corrected chi connectivity index (χ3v) is 7.88. The van der Waals surface area contributed by atoms with Crippen molar-refractivity contribution in [3.8, 4) is 0 Å². The first kappa shape index (κ1) is 19.3. The molecule has 3 heterocycles. The van der Waals surface area contributed by atoms with Crippen LogP contribution >= 0.6 is 11.8 Å². The lowest BCUT2D eigenvalue weighted by Gasteiger charge is -2.46. The maximum absolute atomic E-state index is 13.4. The Labute approximate surface area is 180 Å². The number of amides is 1. The Morgan fingerprint density at radius 1 is 1.13 bits per heavy atom. The second-order valence-corrected chi connectivity index (χ2v) is 9.63. The van der Waals surface area contributed by atoms with Crippen LogP contribution in [-0.2, 0) is 4.79 Å². The number of benzene rings is 1. The van der Waals surface area contributed by atoms with Crippen molar-refractivity contribution in [2.75, 3.05) is 12.8 Å². The molecule has 1 aromatic carbocycles. The number of thioether (sulfide) groups is 1. The zero-order chi connectivity index (χ0) is 20.9. The first-order valence-corrected chi connectivity index (χ1v) is 11.3. The molecule has 3 aliphatic rings. The van der Waals surface area contributed by atoms with Crippen molar-refractivity contribution < 1.29 is 4.79 Å². The van der Waals surface area contributed by atoms with Crippen LogP contribution in [0.4, 0.5) is 0 Å². The first-order chi connectivity index (χ1) is 14.5. The van der Waals surface area contributed by atoms with Crippen molar-refractivity contribution in [3.05, 3.63) is 70.7 Å². The Bertz CT molecular complexity index is 1020. The number of likely N-dealkylation sites (N-methyl/N-ethyl adjacent to an activating group) is 1. The van der Waals surface area contributed by atoms with Gasteiger partial charge in [0.05, 0.1) is 11.5 Å². The highest BCUT2D eigenvalue weighted by Gasteiger charge is 2.50. The Morgan fingerprint density at radius 3 is 2.47 bits per heavy atom. The molecule has 1 unspecified atom stereocenters. The van der Waals surface area contributed by atoms with Crippen LogP contribution in [0.15, 0.2) is 54.0 Å². The van der Waals surface area contributed by atoms with Crippen molar-refractivity contribution in [3.63, 3.8) is 0 Å². The summed E-state index contributed by atoms with van der Waals surface area (Å²) in [4.78, 5) is 24.2. The second kappa shape index (κ2) is 7.23. The van der Waals surface area contributed by atoms with E-state index in [4.69, 9.17) is 5.41 Å². The number of hydrogen-bond donors (Lipinski definition) is 2. The third kappa shape index (κ3) is 3.21. The van der Waals surface area contributed by atoms with Gasteiger partial charge in [-0.2, -0.15) is 0 Å². The van der Waals surface area contributed by atoms with Crippen LogP contribution < -0.4 is 5.32 Å². The largest absolute Gasteiger partial charge is 0.345 e. The van der Waals surface area contributed by atoms with E-state index in [1.54, 1.807) is 18.8 Å². The zero-order valence-electron chi connectivity index (χ0n) is 17.1. The molecule has 1 amide bonds. The molecule has 1 aromatic heterocycles. The van der Waals surface area contributed by atoms with Crippen molar-refractivity contribution >= 4 is 23.6 Å². The summed E-state index contributed by atoms with van der Waals surface area (Å²) in [5.41, 5.74) is 2.75. The summed E-state index contributed by atoms with van der Waals surface area (Å²) >= 11 is 1.75. The van der Waals surface area contributed by atoms with Gasteiger partial charge in [0.1, 0.15) is 6.33 Å². The van der Waals surface area contributed by atoms with Crippen LogP contribution in [0.1, 0.15) is 54.2 Å². The molecule has 0 spiro atoms. The first-order valence-electron chi connectivity index (χ1n) is 10.3. The van der Waals surface area contributed by atoms with Gasteiger partial charge in [-0.1, -0.05) is 30.3 Å². The predicted octanol–water partition coefficient (Wildman–Crippen LogP) is 3.61. The maximum atomic E-state index is 13.4. The number of hydrogen-bond acceptors (Lipinski definition) is 5. The summed E-state index contributed by atoms with van der Waals surface area (Å²) < 4.78 is 0. The smallest absolute Gasteiger partial charge is 0.239 e. The zero-order valence-corrected chi connectivity index (χ0v) is 17.9. The van der Waals surface area contributed by atoms with Crippen LogP contribution in [0.5, 0.6) is 0 Å². The Kier molecular flexibility index (Phi) is 4.65. The number of nitrogens with zero attached hydrogens (tertiary/aromatic N) is 3. The molecule has 2 N–H and O–H groups in total. The minimum absolute atomic E-state index is 0.0478. The van der Waals surface area contributed by atoms with Crippen LogP contribution in [0.3, 0.4) is 0 Å². The fraction of sp³-hybridized carbons (Fsp3) is 0.391. The Hall–Kier alpha value is -2.67. The molecule has 30 heavy (non-hydrogen) atoms. The molecular weight excluding hydrogens is 394 g/mol. The van der Waals surface area contributed by atoms with Crippen molar-refractivity contribution in [2.24, 2.45) is 0 Å². The number of carbonyl (C=O) groups excluding carboxylic acids is 1. The van der Waals surface area contributed by atoms with Gasteiger partial charge in [-0.3, -0.25) is 15.1 Å². The Balaban J connectivity index is 1.53. The van der Waals surface area contributed by atoms with E-state index in [2.05, 4.69) is 52.5 Å². The van der Waals surface area contributed by atoms with Gasteiger partial charge in [0, 0.05) is 36.0 Å². The standard InChI is InChI=1S/C23H25N5OS/c1-23(19-9-17(12-30-19)18-10-25-13-26-11-18)20(21(29)28(2)22(24)27-23)16-7-5-15(6-8-16)14-3-4-14/h5-11,13-14,17,20H,3-4,12H2,1-2H3,(H2,24,27)/t17?,20-,23-/m1/s1. The van der Waals surface area contributed by atoms with Gasteiger partial charge in [-0.05, 0) is 42.4 Å². The van der Waals surface area contributed by atoms with Gasteiger partial charge in [-0.15, -0.1) is 11.8 Å². The van der Waals surface area contributed by atoms with E-state index in [1.165, 1.54) is 29.6 Å². The predicted molar refractivity (Wildman–Crippen MR) is 119 cm³/mol. The number of allylic oxidation sites excluding steroid dienone is 1. The number of carbonyl (C=O) groups is 1. The van der Waals surface area contributed by atoms with Gasteiger partial charge in [0.25, 0.3) is 0 Å². The summed E-state index contributed by atoms with van der Waals surface area (Å²) in [6.45, 7) is 2.05. The SMILES string of the molecule is CN1C(=N)N[C@](C)(C2=CC(c3cncnc3)CS2)[C@H](c2ccc(C3CC3)cc2)C1=O. The van der Waals surface area contributed by atoms with Gasteiger partial charge in [0.15, 0.2) is 5.96 Å². The van der Waals surface area contributed by atoms with E-state index in [0.29, 0.717) is 5.92 Å². The van der Waals surface area contributed by atoms with E-state index in [-0.39, 0.29) is 17.8 Å². The van der Waals surface area contributed by atoms with Gasteiger partial charge < -0.3 is 5.32 Å². The van der Waals surface area contributed by atoms with Crippen molar-refractivity contribution in [1.82, 2.24) is 20.2 Å². The summed E-state index contributed by atoms with van der Waals surface area (Å²) in [5.74, 6) is 1.46. The van der Waals surface area contributed by atoms with Crippen LogP contribution in [0.2, 0.25) is 0 Å². The molecule has 0 radical (unpaired) electrons. The average Bonchev–Trinajstić information content (AvgIpc) is 3.48. The molecule has 7 heteroatoms. The normalized spacial score (nSPS) is 29.0. The highest BCUT2D eigenvalue weighted by molar-refractivity contribution is 8.03. The lowest BCUT2D eigenvalue weighted by Crippen LogP contribution is -2.64. The lowest BCUT2D eigenvalue weighted by atomic mass is 9.76. The molecule has 154 valence electrons. The second-order valence-electron chi connectivity index (χ2n) is 8.57. The maximum Gasteiger partial charge on any atom is 0.239 e. The van der Waals surface area contributed by atoms with Crippen LogP contribution in [0, 0.1) is 5.41 Å². The summed E-state index contributed by atoms with van der Waals surface area (Å²) in [5, 5.41) is 11.7. The summed E-state index contributed by atoms with van der Waals surface area (Å²) in [6, 6.07) is 8.53. The molecule has 2 aromatic rings. The molecule has 0 bridgehead atoms. The summed E-state index contributed by atoms with van der Waals surface area (Å²) in [7, 11) is 1.67. The topological polar surface area (TPSA) is 82.0 Å². The third-order valence-electron chi connectivity index (χ3n) is 6.48. The van der Waals surface area contributed by atoms with E-state index >= 15 is 0 Å². The van der Waals surface area contributed by atoms with Crippen LogP contribution in [0.25, 0.3) is 0 Å². The monoisotopic (exact) mass is 419 g/mol. The minimum atomic E-state index is -0.670. The number of nitrogens with one attached hydrogen (secondary N) is 2. The molecule has 1 saturated carbocycles. The average molecular weight is 420 g/mol. The quantitative estimate of drug-likeness (QED) is 0.791. The van der Waals surface area contributed by atoms with E-state index in [9.17, 15) is 4.79 Å². The van der Waals surface area contributed by atoms with E-state index in [0.717, 1.165) is 21.8 Å². The van der Waals surface area contributed by atoms with E-state index in [1.807, 2.05) is 12.4 Å². The van der Waals surface area contributed by atoms with Crippen LogP contribution in [-0.4, -0.2) is 45.1 Å². The van der Waals surface area contributed by atoms with Crippen molar-refractivity contribution in [2.45, 2.75) is 43.1 Å². The minimum Gasteiger partial charge on any atom is -0.345 e. The molecule has 5 rings (SSSR count). The van der Waals surface area contributed by atoms with Gasteiger partial charge >= 0.3 is 0 Å². The fourth-order valence-corrected chi connectivity index (χ4v) is 5.86. The molecular formula is C23H25N5OS. The van der Waals surface area contributed by atoms with E-state index < -0.39 is 11.5 Å². The highest BCUT2D eigenvalue weighted by atomic mass is 32.2. The fourth-order valence-electron chi connectivity index (χ4n) is 4.49. The summed E-state index contributed by atoms with van der Waals surface area (Å²) in [6.07, 6.45) is 9.97. The van der Waals surface area contributed by atoms with Gasteiger partial charge in [0.2, 0.25) is 5.91 Å². The van der Waals surface area contributed by atoms with Crippen molar-refractivity contribution in [1.29, 1.82) is 5.41 Å². The lowest BCUT2D eigenvalue weighted by molar-refractivity contribution is -0.130.